The molecule has 0 amide bonds. The van der Waals surface area contributed by atoms with Crippen LogP contribution in [0.25, 0.3) is 83.4 Å². The Morgan fingerprint density at radius 1 is 0.594 bits per heavy atom. The van der Waals surface area contributed by atoms with Gasteiger partial charge in [0.25, 0.3) is 6.33 Å². The Bertz CT molecular complexity index is 3920. The fourth-order valence-corrected chi connectivity index (χ4v) is 8.45. The Morgan fingerprint density at radius 3 is 2.02 bits per heavy atom. The molecule has 11 rings (SSSR count). The largest absolute Gasteiger partial charge is 0.319 e. The second-order valence-corrected chi connectivity index (χ2v) is 16.5. The van der Waals surface area contributed by atoms with Crippen molar-refractivity contribution < 1.29 is 39.3 Å². The van der Waals surface area contributed by atoms with Gasteiger partial charge in [0.15, 0.2) is 0 Å². The van der Waals surface area contributed by atoms with Crippen molar-refractivity contribution in [1.29, 1.82) is 0 Å². The number of hydrogen-bond donors (Lipinski definition) is 0. The summed E-state index contributed by atoms with van der Waals surface area (Å²) in [6.45, 7) is 6.58. The fourth-order valence-electron chi connectivity index (χ4n) is 8.45. The molecule has 5 heteroatoms. The molecule has 0 saturated heterocycles. The molecular formula is C59H44N4Pt-2. The van der Waals surface area contributed by atoms with Crippen LogP contribution in [0.3, 0.4) is 0 Å². The van der Waals surface area contributed by atoms with Crippen molar-refractivity contribution in [3.8, 4) is 50.6 Å². The Balaban J connectivity index is 0.00000626. The van der Waals surface area contributed by atoms with Gasteiger partial charge in [-0.2, -0.15) is 53.6 Å². The SMILES string of the molecule is [2H]c1c([2H])c([2H])c(-c2cccc(-c3c([2H])c([2H])c([2H])c([2H])c3[2H])c2-[n+]2[c-]n(-c3[c-]c(Cc4[c-]c5c(cc4)c4cc(-c6ccccc6)ccc4n5-c4cc(C(C)(C)C)ccn4)ccc3)c3ccccc32)c([2H])c1[2H].[Pt]. The van der Waals surface area contributed by atoms with Crippen LogP contribution in [0.15, 0.2) is 200 Å². The molecule has 11 aromatic rings. The molecule has 0 atom stereocenters. The molecular weight excluding hydrogens is 960 g/mol. The summed E-state index contributed by atoms with van der Waals surface area (Å²) in [6.07, 6.45) is 5.80. The first-order valence-corrected chi connectivity index (χ1v) is 20.8. The zero-order valence-electron chi connectivity index (χ0n) is 45.1. The molecule has 0 aliphatic carbocycles. The van der Waals surface area contributed by atoms with Gasteiger partial charge in [0.05, 0.1) is 30.4 Å². The third kappa shape index (κ3) is 7.48. The van der Waals surface area contributed by atoms with E-state index in [9.17, 15) is 0 Å². The molecule has 0 fully saturated rings. The number of para-hydroxylation sites is 3. The van der Waals surface area contributed by atoms with Crippen LogP contribution in [-0.4, -0.2) is 14.1 Å². The minimum Gasteiger partial charge on any atom is -0.319 e. The van der Waals surface area contributed by atoms with Crippen LogP contribution in [0.1, 0.15) is 51.2 Å². The van der Waals surface area contributed by atoms with Crippen LogP contribution < -0.4 is 4.57 Å². The van der Waals surface area contributed by atoms with Gasteiger partial charge in [-0.05, 0) is 80.1 Å². The van der Waals surface area contributed by atoms with Gasteiger partial charge in [0.1, 0.15) is 5.82 Å². The minimum absolute atomic E-state index is 0. The number of pyridine rings is 1. The van der Waals surface area contributed by atoms with E-state index in [-0.39, 0.29) is 54.4 Å². The summed E-state index contributed by atoms with van der Waals surface area (Å²) in [6, 6.07) is 45.7. The van der Waals surface area contributed by atoms with Gasteiger partial charge in [-0.1, -0.05) is 172 Å². The number of nitrogens with zero attached hydrogens (tertiary/aromatic N) is 4. The van der Waals surface area contributed by atoms with Crippen molar-refractivity contribution >= 4 is 32.8 Å². The first-order chi connectivity index (χ1) is 35.0. The summed E-state index contributed by atoms with van der Waals surface area (Å²) in [7, 11) is 0. The zero-order valence-corrected chi connectivity index (χ0v) is 37.4. The average Bonchev–Trinajstić information content (AvgIpc) is 3.94. The molecule has 0 radical (unpaired) electrons. The van der Waals surface area contributed by atoms with Gasteiger partial charge in [0, 0.05) is 32.8 Å². The van der Waals surface area contributed by atoms with E-state index >= 15 is 0 Å². The second-order valence-electron chi connectivity index (χ2n) is 16.5. The second kappa shape index (κ2) is 16.9. The van der Waals surface area contributed by atoms with Crippen molar-refractivity contribution in [3.63, 3.8) is 0 Å². The van der Waals surface area contributed by atoms with Crippen molar-refractivity contribution in [1.82, 2.24) is 14.1 Å². The molecule has 4 nitrogen and oxygen atoms in total. The van der Waals surface area contributed by atoms with E-state index in [0.29, 0.717) is 23.1 Å². The Morgan fingerprint density at radius 2 is 1.28 bits per heavy atom. The van der Waals surface area contributed by atoms with Crippen molar-refractivity contribution in [2.75, 3.05) is 0 Å². The van der Waals surface area contributed by atoms with Crippen LogP contribution in [0.4, 0.5) is 0 Å². The number of benzene rings is 8. The monoisotopic (exact) mass is 1010 g/mol. The summed E-state index contributed by atoms with van der Waals surface area (Å²) in [5.74, 6) is 0.799. The Kier molecular flexibility index (Phi) is 8.13. The van der Waals surface area contributed by atoms with Crippen molar-refractivity contribution in [2.24, 2.45) is 0 Å². The van der Waals surface area contributed by atoms with Gasteiger partial charge in [-0.3, -0.25) is 4.57 Å². The molecule has 0 aliphatic heterocycles. The minimum atomic E-state index is -0.562. The molecule has 312 valence electrons. The molecule has 0 bridgehead atoms. The third-order valence-corrected chi connectivity index (χ3v) is 11.5. The quantitative estimate of drug-likeness (QED) is 0.110. The summed E-state index contributed by atoms with van der Waals surface area (Å²) in [5, 5.41) is 2.13. The van der Waals surface area contributed by atoms with Crippen molar-refractivity contribution in [2.45, 2.75) is 32.6 Å². The number of hydrogen-bond acceptors (Lipinski definition) is 1. The van der Waals surface area contributed by atoms with E-state index in [0.717, 1.165) is 55.4 Å². The van der Waals surface area contributed by atoms with Crippen LogP contribution in [-0.2, 0) is 32.9 Å². The van der Waals surface area contributed by atoms with Gasteiger partial charge < -0.3 is 9.13 Å². The molecule has 0 unspecified atom stereocenters. The summed E-state index contributed by atoms with van der Waals surface area (Å²) in [4.78, 5) is 4.91. The molecule has 3 aromatic heterocycles. The molecule has 8 aromatic carbocycles. The van der Waals surface area contributed by atoms with Gasteiger partial charge in [-0.15, -0.1) is 5.39 Å². The average molecular weight is 1010 g/mol. The summed E-state index contributed by atoms with van der Waals surface area (Å²) < 4.78 is 92.9. The first kappa shape index (κ1) is 30.8. The zero-order chi connectivity index (χ0) is 51.2. The van der Waals surface area contributed by atoms with Crippen LogP contribution >= 0.6 is 0 Å². The Labute approximate surface area is 403 Å². The Hall–Kier alpha value is -7.13. The first-order valence-electron chi connectivity index (χ1n) is 25.8. The van der Waals surface area contributed by atoms with E-state index in [1.807, 2.05) is 71.4 Å². The van der Waals surface area contributed by atoms with E-state index < -0.39 is 60.4 Å². The standard InChI is InChI=1S/C59H44N4.Pt/c1-59(2,3)47-33-34-60-57(39-47)63-53-32-30-46(43-18-7-4-8-19-43)38-52(53)51-31-29-42(37-56(51)63)35-41-17-15-24-48(36-41)61-40-62(55-28-14-13-27-54(55)61)58-49(44-20-9-5-10-21-44)25-16-26-50(58)45-22-11-6-12-23-45;/h4-34,38-39H,35H2,1-3H3;/q-2;/i5D,6D,9D,10D,11D,12D,20D,21D,22D,23D;. The van der Waals surface area contributed by atoms with Gasteiger partial charge in [0.2, 0.25) is 0 Å². The number of fused-ring (bicyclic) bond motifs is 4. The maximum Gasteiger partial charge on any atom is 0.268 e. The normalized spacial score (nSPS) is 13.8. The molecule has 0 saturated carbocycles. The molecule has 0 spiro atoms. The van der Waals surface area contributed by atoms with Crippen LogP contribution in [0, 0.1) is 18.5 Å². The van der Waals surface area contributed by atoms with E-state index in [2.05, 4.69) is 98.4 Å². The molecule has 0 N–H and O–H groups in total. The van der Waals surface area contributed by atoms with E-state index in [4.69, 9.17) is 18.7 Å². The van der Waals surface area contributed by atoms with E-state index in [1.165, 1.54) is 0 Å². The predicted octanol–water partition coefficient (Wildman–Crippen LogP) is 13.7. The number of rotatable bonds is 8. The molecule has 0 aliphatic rings. The topological polar surface area (TPSA) is 26.6 Å². The number of aromatic nitrogens is 4. The predicted molar refractivity (Wildman–Crippen MR) is 258 cm³/mol. The number of imidazole rings is 1. The van der Waals surface area contributed by atoms with Crippen molar-refractivity contribution in [3.05, 3.63) is 235 Å². The maximum absolute atomic E-state index is 9.04. The van der Waals surface area contributed by atoms with Gasteiger partial charge in [-0.25, -0.2) is 4.98 Å². The summed E-state index contributed by atoms with van der Waals surface area (Å²) >= 11 is 0. The van der Waals surface area contributed by atoms with Gasteiger partial charge >= 0.3 is 0 Å². The fraction of sp³-hybridized carbons (Fsp3) is 0.0847. The third-order valence-electron chi connectivity index (χ3n) is 11.5. The molecule has 64 heavy (non-hydrogen) atoms. The maximum atomic E-state index is 9.04. The van der Waals surface area contributed by atoms with Crippen LogP contribution in [0.2, 0.25) is 0 Å². The summed E-state index contributed by atoms with van der Waals surface area (Å²) in [5.41, 5.74) is 9.12. The van der Waals surface area contributed by atoms with E-state index in [1.54, 1.807) is 22.8 Å². The smallest absolute Gasteiger partial charge is 0.268 e. The molecule has 3 heterocycles. The van der Waals surface area contributed by atoms with Crippen LogP contribution in [0.5, 0.6) is 0 Å².